The summed E-state index contributed by atoms with van der Waals surface area (Å²) in [6.07, 6.45) is 3.92. The summed E-state index contributed by atoms with van der Waals surface area (Å²) in [6, 6.07) is 17.5. The lowest BCUT2D eigenvalue weighted by molar-refractivity contribution is -0.118. The van der Waals surface area contributed by atoms with E-state index in [1.54, 1.807) is 29.1 Å². The van der Waals surface area contributed by atoms with Crippen molar-refractivity contribution in [3.05, 3.63) is 82.0 Å². The molecule has 2 heterocycles. The van der Waals surface area contributed by atoms with E-state index in [2.05, 4.69) is 20.9 Å². The zero-order valence-electron chi connectivity index (χ0n) is 15.8. The molecule has 8 heteroatoms. The average Bonchev–Trinajstić information content (AvgIpc) is 3.17. The number of carbonyl (C=O) groups excluding carboxylic acids is 1. The number of aromatic nitrogens is 2. The highest BCUT2D eigenvalue weighted by Crippen LogP contribution is 2.32. The predicted molar refractivity (Wildman–Crippen MR) is 130 cm³/mol. The Hall–Kier alpha value is -1.93. The fraction of sp³-hybridized carbons (Fsp3) is 0.136. The summed E-state index contributed by atoms with van der Waals surface area (Å²) >= 11 is 12.6. The number of benzene rings is 2. The van der Waals surface area contributed by atoms with Gasteiger partial charge in [-0.05, 0) is 54.1 Å². The molecule has 1 amide bonds. The van der Waals surface area contributed by atoms with Crippen molar-refractivity contribution in [3.63, 3.8) is 0 Å². The van der Waals surface area contributed by atoms with Gasteiger partial charge in [0.1, 0.15) is 0 Å². The lowest BCUT2D eigenvalue weighted by Crippen LogP contribution is -2.30. The maximum absolute atomic E-state index is 13.2. The Morgan fingerprint density at radius 2 is 2.00 bits per heavy atom. The molecule has 0 radical (unpaired) electrons. The van der Waals surface area contributed by atoms with E-state index in [1.165, 1.54) is 11.3 Å². The average molecular weight is 519 g/mol. The van der Waals surface area contributed by atoms with E-state index in [-0.39, 0.29) is 5.91 Å². The summed E-state index contributed by atoms with van der Waals surface area (Å²) in [7, 11) is 0. The molecule has 0 aliphatic heterocycles. The molecule has 0 bridgehead atoms. The normalized spacial score (nSPS) is 11.0. The van der Waals surface area contributed by atoms with Gasteiger partial charge in [-0.2, -0.15) is 0 Å². The van der Waals surface area contributed by atoms with Gasteiger partial charge in [-0.3, -0.25) is 14.7 Å². The minimum Gasteiger partial charge on any atom is -0.284 e. The molecule has 0 saturated carbocycles. The first-order chi connectivity index (χ1) is 14.6. The standard InChI is InChI=1S/C22H17BrClN3OS2/c23-16-3-8-19-20(12-16)30-22(26-19)27(14-15-2-1-10-25-13-15)21(28)9-11-29-18-6-4-17(24)5-7-18/h1-8,10,12-13H,9,11,14H2. The third kappa shape index (κ3) is 5.40. The van der Waals surface area contributed by atoms with E-state index in [0.717, 1.165) is 25.1 Å². The summed E-state index contributed by atoms with van der Waals surface area (Å²) < 4.78 is 2.04. The van der Waals surface area contributed by atoms with Crippen LogP contribution in [0.2, 0.25) is 5.02 Å². The number of thiazole rings is 1. The SMILES string of the molecule is O=C(CCSc1ccc(Cl)cc1)N(Cc1cccnc1)c1nc2ccc(Br)cc2s1. The predicted octanol–water partition coefficient (Wildman–Crippen LogP) is 6.82. The van der Waals surface area contributed by atoms with Gasteiger partial charge in [0, 0.05) is 39.0 Å². The molecule has 0 aliphatic carbocycles. The Morgan fingerprint density at radius 3 is 2.77 bits per heavy atom. The van der Waals surface area contributed by atoms with E-state index in [4.69, 9.17) is 16.6 Å². The lowest BCUT2D eigenvalue weighted by Gasteiger charge is -2.20. The van der Waals surface area contributed by atoms with Crippen LogP contribution < -0.4 is 4.90 Å². The third-order valence-electron chi connectivity index (χ3n) is 4.33. The Morgan fingerprint density at radius 1 is 1.17 bits per heavy atom. The zero-order chi connectivity index (χ0) is 20.9. The number of rotatable bonds is 7. The molecule has 0 atom stereocenters. The molecule has 0 unspecified atom stereocenters. The number of amides is 1. The highest BCUT2D eigenvalue weighted by molar-refractivity contribution is 9.10. The molecule has 30 heavy (non-hydrogen) atoms. The molecular formula is C22H17BrClN3OS2. The maximum Gasteiger partial charge on any atom is 0.229 e. The largest absolute Gasteiger partial charge is 0.284 e. The Balaban J connectivity index is 1.52. The highest BCUT2D eigenvalue weighted by atomic mass is 79.9. The van der Waals surface area contributed by atoms with Crippen molar-refractivity contribution < 1.29 is 4.79 Å². The second-order valence-corrected chi connectivity index (χ2v) is 10.0. The second-order valence-electron chi connectivity index (χ2n) is 6.50. The van der Waals surface area contributed by atoms with E-state index in [9.17, 15) is 4.79 Å². The Kier molecular flexibility index (Phi) is 7.04. The maximum atomic E-state index is 13.2. The van der Waals surface area contributed by atoms with Crippen molar-refractivity contribution in [2.75, 3.05) is 10.7 Å². The van der Waals surface area contributed by atoms with Crippen molar-refractivity contribution in [1.82, 2.24) is 9.97 Å². The fourth-order valence-electron chi connectivity index (χ4n) is 2.86. The molecule has 4 aromatic rings. The first kappa shape index (κ1) is 21.3. The first-order valence-electron chi connectivity index (χ1n) is 9.22. The fourth-order valence-corrected chi connectivity index (χ4v) is 5.36. The number of anilines is 1. The van der Waals surface area contributed by atoms with Gasteiger partial charge >= 0.3 is 0 Å². The van der Waals surface area contributed by atoms with Crippen LogP contribution in [-0.2, 0) is 11.3 Å². The molecule has 4 rings (SSSR count). The summed E-state index contributed by atoms with van der Waals surface area (Å²) in [6.45, 7) is 0.444. The van der Waals surface area contributed by atoms with Crippen LogP contribution in [0.15, 0.2) is 76.4 Å². The smallest absolute Gasteiger partial charge is 0.229 e. The molecule has 4 nitrogen and oxygen atoms in total. The minimum atomic E-state index is 0.0402. The van der Waals surface area contributed by atoms with Crippen LogP contribution in [0.4, 0.5) is 5.13 Å². The van der Waals surface area contributed by atoms with Crippen molar-refractivity contribution in [2.24, 2.45) is 0 Å². The summed E-state index contributed by atoms with van der Waals surface area (Å²) in [5.41, 5.74) is 1.86. The summed E-state index contributed by atoms with van der Waals surface area (Å²) in [4.78, 5) is 24.9. The molecule has 2 aromatic heterocycles. The number of nitrogens with zero attached hydrogens (tertiary/aromatic N) is 3. The molecule has 0 N–H and O–H groups in total. The number of hydrogen-bond donors (Lipinski definition) is 0. The topological polar surface area (TPSA) is 46.1 Å². The van der Waals surface area contributed by atoms with Crippen LogP contribution in [0.25, 0.3) is 10.2 Å². The van der Waals surface area contributed by atoms with Crippen molar-refractivity contribution in [3.8, 4) is 0 Å². The van der Waals surface area contributed by atoms with Gasteiger partial charge < -0.3 is 0 Å². The van der Waals surface area contributed by atoms with Crippen molar-refractivity contribution >= 4 is 71.9 Å². The van der Waals surface area contributed by atoms with Gasteiger partial charge in [0.2, 0.25) is 5.91 Å². The monoisotopic (exact) mass is 517 g/mol. The molecule has 0 spiro atoms. The molecular weight excluding hydrogens is 502 g/mol. The number of halogens is 2. The van der Waals surface area contributed by atoms with E-state index >= 15 is 0 Å². The van der Waals surface area contributed by atoms with Gasteiger partial charge in [0.25, 0.3) is 0 Å². The van der Waals surface area contributed by atoms with E-state index in [0.29, 0.717) is 28.9 Å². The van der Waals surface area contributed by atoms with Crippen molar-refractivity contribution in [1.29, 1.82) is 0 Å². The molecule has 0 aliphatic rings. The number of hydrogen-bond acceptors (Lipinski definition) is 5. The molecule has 0 fully saturated rings. The van der Waals surface area contributed by atoms with Gasteiger partial charge in [-0.25, -0.2) is 4.98 Å². The number of thioether (sulfide) groups is 1. The van der Waals surface area contributed by atoms with Crippen LogP contribution in [0, 0.1) is 0 Å². The lowest BCUT2D eigenvalue weighted by atomic mass is 10.2. The summed E-state index contributed by atoms with van der Waals surface area (Å²) in [5, 5.41) is 1.41. The van der Waals surface area contributed by atoms with Gasteiger partial charge in [0.15, 0.2) is 5.13 Å². The van der Waals surface area contributed by atoms with Crippen LogP contribution in [-0.4, -0.2) is 21.6 Å². The van der Waals surface area contributed by atoms with Crippen LogP contribution in [0.3, 0.4) is 0 Å². The molecule has 0 saturated heterocycles. The van der Waals surface area contributed by atoms with Crippen molar-refractivity contribution in [2.45, 2.75) is 17.9 Å². The van der Waals surface area contributed by atoms with Gasteiger partial charge in [-0.1, -0.05) is 44.9 Å². The van der Waals surface area contributed by atoms with Gasteiger partial charge in [-0.15, -0.1) is 11.8 Å². The Bertz CT molecular complexity index is 1150. The number of carbonyl (C=O) groups is 1. The van der Waals surface area contributed by atoms with Gasteiger partial charge in [0.05, 0.1) is 16.8 Å². The molecule has 152 valence electrons. The van der Waals surface area contributed by atoms with Crippen LogP contribution in [0.5, 0.6) is 0 Å². The zero-order valence-corrected chi connectivity index (χ0v) is 19.8. The quantitative estimate of drug-likeness (QED) is 0.252. The van der Waals surface area contributed by atoms with Crippen LogP contribution >= 0.6 is 50.6 Å². The van der Waals surface area contributed by atoms with Crippen LogP contribution in [0.1, 0.15) is 12.0 Å². The summed E-state index contributed by atoms with van der Waals surface area (Å²) in [5.74, 6) is 0.721. The minimum absolute atomic E-state index is 0.0402. The second kappa shape index (κ2) is 9.92. The van der Waals surface area contributed by atoms with E-state index < -0.39 is 0 Å². The number of pyridine rings is 1. The van der Waals surface area contributed by atoms with E-state index in [1.807, 2.05) is 54.6 Å². The Labute approximate surface area is 196 Å². The first-order valence-corrected chi connectivity index (χ1v) is 12.2. The third-order valence-corrected chi connectivity index (χ3v) is 7.13. The number of fused-ring (bicyclic) bond motifs is 1. The highest BCUT2D eigenvalue weighted by Gasteiger charge is 2.20. The molecule has 2 aromatic carbocycles.